The van der Waals surface area contributed by atoms with Crippen LogP contribution in [0, 0.1) is 0 Å². The van der Waals surface area contributed by atoms with Crippen LogP contribution >= 0.6 is 11.6 Å². The van der Waals surface area contributed by atoms with Crippen molar-refractivity contribution in [3.05, 3.63) is 22.7 Å². The molecule has 8 heteroatoms. The SMILES string of the molecule is FC(F)(F)[C@@H](c1cc2c(cc1Cl)OCO2)N1CCNCC1. The summed E-state index contributed by atoms with van der Waals surface area (Å²) in [6.45, 7) is 1.67. The number of alkyl halides is 3. The molecular formula is C13H14ClF3N2O2. The van der Waals surface area contributed by atoms with Gasteiger partial charge in [-0.25, -0.2) is 0 Å². The van der Waals surface area contributed by atoms with E-state index in [-0.39, 0.29) is 17.4 Å². The Balaban J connectivity index is 2.00. The van der Waals surface area contributed by atoms with Crippen LogP contribution in [-0.4, -0.2) is 44.0 Å². The molecule has 21 heavy (non-hydrogen) atoms. The number of halogens is 4. The van der Waals surface area contributed by atoms with Crippen molar-refractivity contribution in [2.45, 2.75) is 12.2 Å². The van der Waals surface area contributed by atoms with Crippen LogP contribution in [0.15, 0.2) is 12.1 Å². The zero-order valence-electron chi connectivity index (χ0n) is 11.0. The zero-order valence-corrected chi connectivity index (χ0v) is 11.8. The predicted octanol–water partition coefficient (Wildman–Crippen LogP) is 2.58. The number of hydrogen-bond acceptors (Lipinski definition) is 4. The lowest BCUT2D eigenvalue weighted by Gasteiger charge is -2.36. The Morgan fingerprint density at radius 1 is 1.14 bits per heavy atom. The van der Waals surface area contributed by atoms with E-state index in [1.165, 1.54) is 17.0 Å². The van der Waals surface area contributed by atoms with Crippen molar-refractivity contribution < 1.29 is 22.6 Å². The first-order valence-corrected chi connectivity index (χ1v) is 6.95. The van der Waals surface area contributed by atoms with Gasteiger partial charge in [0.15, 0.2) is 11.5 Å². The van der Waals surface area contributed by atoms with Gasteiger partial charge < -0.3 is 14.8 Å². The van der Waals surface area contributed by atoms with Crippen LogP contribution in [0.1, 0.15) is 11.6 Å². The highest BCUT2D eigenvalue weighted by molar-refractivity contribution is 6.31. The summed E-state index contributed by atoms with van der Waals surface area (Å²) in [5, 5.41) is 3.08. The maximum absolute atomic E-state index is 13.5. The molecule has 0 aliphatic carbocycles. The third-order valence-corrected chi connectivity index (χ3v) is 3.94. The molecule has 0 bridgehead atoms. The van der Waals surface area contributed by atoms with Crippen LogP contribution in [0.4, 0.5) is 13.2 Å². The van der Waals surface area contributed by atoms with E-state index < -0.39 is 12.2 Å². The number of piperazine rings is 1. The summed E-state index contributed by atoms with van der Waals surface area (Å²) >= 11 is 6.05. The standard InChI is InChI=1S/C13H14ClF3N2O2/c14-9-6-11-10(20-7-21-11)5-8(9)12(13(15,16)17)19-3-1-18-2-4-19/h5-6,12,18H,1-4,7H2/t12-/m1/s1. The molecule has 1 saturated heterocycles. The van der Waals surface area contributed by atoms with Crippen molar-refractivity contribution in [1.82, 2.24) is 10.2 Å². The smallest absolute Gasteiger partial charge is 0.408 e. The first-order valence-electron chi connectivity index (χ1n) is 6.57. The average molecular weight is 323 g/mol. The Morgan fingerprint density at radius 2 is 1.76 bits per heavy atom. The molecule has 1 fully saturated rings. The molecule has 1 aromatic rings. The highest BCUT2D eigenvalue weighted by Gasteiger charge is 2.46. The van der Waals surface area contributed by atoms with Crippen LogP contribution in [0.2, 0.25) is 5.02 Å². The normalized spacial score (nSPS) is 20.6. The molecule has 0 radical (unpaired) electrons. The summed E-state index contributed by atoms with van der Waals surface area (Å²) in [5.74, 6) is 0.684. The van der Waals surface area contributed by atoms with E-state index in [4.69, 9.17) is 21.1 Å². The van der Waals surface area contributed by atoms with E-state index in [2.05, 4.69) is 5.32 Å². The van der Waals surface area contributed by atoms with E-state index in [9.17, 15) is 13.2 Å². The van der Waals surface area contributed by atoms with Gasteiger partial charge in [0.2, 0.25) is 6.79 Å². The van der Waals surface area contributed by atoms with Crippen molar-refractivity contribution in [2.24, 2.45) is 0 Å². The highest BCUT2D eigenvalue weighted by atomic mass is 35.5. The maximum atomic E-state index is 13.5. The van der Waals surface area contributed by atoms with E-state index in [1.54, 1.807) is 0 Å². The lowest BCUT2D eigenvalue weighted by atomic mass is 10.0. The lowest BCUT2D eigenvalue weighted by Crippen LogP contribution is -2.49. The predicted molar refractivity (Wildman–Crippen MR) is 70.8 cm³/mol. The topological polar surface area (TPSA) is 33.7 Å². The summed E-state index contributed by atoms with van der Waals surface area (Å²) in [6, 6.07) is 0.993. The van der Waals surface area contributed by atoms with Crippen molar-refractivity contribution >= 4 is 11.6 Å². The summed E-state index contributed by atoms with van der Waals surface area (Å²) in [5.41, 5.74) is 0.00955. The molecule has 4 nitrogen and oxygen atoms in total. The van der Waals surface area contributed by atoms with Crippen molar-refractivity contribution in [3.63, 3.8) is 0 Å². The van der Waals surface area contributed by atoms with Gasteiger partial charge in [-0.15, -0.1) is 0 Å². The fourth-order valence-corrected chi connectivity index (χ4v) is 2.92. The number of fused-ring (bicyclic) bond motifs is 1. The van der Waals surface area contributed by atoms with Crippen LogP contribution in [0.25, 0.3) is 0 Å². The summed E-state index contributed by atoms with van der Waals surface area (Å²) in [4.78, 5) is 1.39. The summed E-state index contributed by atoms with van der Waals surface area (Å²) < 4.78 is 50.9. The fourth-order valence-electron chi connectivity index (χ4n) is 2.66. The zero-order chi connectivity index (χ0) is 15.0. The number of nitrogens with one attached hydrogen (secondary N) is 1. The number of ether oxygens (including phenoxy) is 2. The fraction of sp³-hybridized carbons (Fsp3) is 0.538. The van der Waals surface area contributed by atoms with E-state index in [1.807, 2.05) is 0 Å². The molecule has 2 aliphatic rings. The Kier molecular flexibility index (Phi) is 3.90. The van der Waals surface area contributed by atoms with Crippen LogP contribution in [-0.2, 0) is 0 Å². The largest absolute Gasteiger partial charge is 0.454 e. The Morgan fingerprint density at radius 3 is 2.38 bits per heavy atom. The molecule has 1 atom stereocenters. The Labute approximate surface area is 124 Å². The highest BCUT2D eigenvalue weighted by Crippen LogP contribution is 2.45. The van der Waals surface area contributed by atoms with Gasteiger partial charge in [0.05, 0.1) is 0 Å². The van der Waals surface area contributed by atoms with Crippen LogP contribution < -0.4 is 14.8 Å². The Hall–Kier alpha value is -1.18. The molecule has 0 unspecified atom stereocenters. The average Bonchev–Trinajstić information content (AvgIpc) is 2.86. The molecule has 116 valence electrons. The van der Waals surface area contributed by atoms with Gasteiger partial charge in [0.1, 0.15) is 6.04 Å². The van der Waals surface area contributed by atoms with Gasteiger partial charge >= 0.3 is 6.18 Å². The first kappa shape index (κ1) is 14.7. The Bertz CT molecular complexity index is 533. The minimum absolute atomic E-state index is 0.000561. The molecule has 2 heterocycles. The van der Waals surface area contributed by atoms with Gasteiger partial charge in [0, 0.05) is 42.8 Å². The van der Waals surface area contributed by atoms with Crippen LogP contribution in [0.5, 0.6) is 11.5 Å². The van der Waals surface area contributed by atoms with Gasteiger partial charge in [0.25, 0.3) is 0 Å². The van der Waals surface area contributed by atoms with Gasteiger partial charge in [-0.1, -0.05) is 11.6 Å². The molecule has 1 aromatic carbocycles. The maximum Gasteiger partial charge on any atom is 0.408 e. The lowest BCUT2D eigenvalue weighted by molar-refractivity contribution is -0.187. The minimum atomic E-state index is -4.41. The quantitative estimate of drug-likeness (QED) is 0.907. The molecule has 2 aliphatic heterocycles. The third kappa shape index (κ3) is 2.90. The molecule has 0 amide bonds. The molecular weight excluding hydrogens is 309 g/mol. The number of rotatable bonds is 2. The second-order valence-corrected chi connectivity index (χ2v) is 5.36. The second-order valence-electron chi connectivity index (χ2n) is 4.96. The monoisotopic (exact) mass is 322 g/mol. The second kappa shape index (κ2) is 5.55. The number of nitrogens with zero attached hydrogens (tertiary/aromatic N) is 1. The molecule has 3 rings (SSSR count). The van der Waals surface area contributed by atoms with Gasteiger partial charge in [-0.2, -0.15) is 13.2 Å². The number of hydrogen-bond donors (Lipinski definition) is 1. The third-order valence-electron chi connectivity index (χ3n) is 3.61. The van der Waals surface area contributed by atoms with E-state index in [0.717, 1.165) is 0 Å². The molecule has 0 saturated carbocycles. The first-order chi connectivity index (χ1) is 9.97. The van der Waals surface area contributed by atoms with Crippen molar-refractivity contribution in [1.29, 1.82) is 0 Å². The summed E-state index contributed by atoms with van der Waals surface area (Å²) in [7, 11) is 0. The van der Waals surface area contributed by atoms with Crippen molar-refractivity contribution in [2.75, 3.05) is 33.0 Å². The van der Waals surface area contributed by atoms with Gasteiger partial charge in [-0.05, 0) is 6.07 Å². The molecule has 0 spiro atoms. The molecule has 1 N–H and O–H groups in total. The van der Waals surface area contributed by atoms with Gasteiger partial charge in [-0.3, -0.25) is 4.90 Å². The van der Waals surface area contributed by atoms with E-state index in [0.29, 0.717) is 37.7 Å². The van der Waals surface area contributed by atoms with Crippen LogP contribution in [0.3, 0.4) is 0 Å². The van der Waals surface area contributed by atoms with Crippen molar-refractivity contribution in [3.8, 4) is 11.5 Å². The summed E-state index contributed by atoms with van der Waals surface area (Å²) in [6.07, 6.45) is -4.41. The molecule has 0 aromatic heterocycles. The minimum Gasteiger partial charge on any atom is -0.454 e. The van der Waals surface area contributed by atoms with E-state index >= 15 is 0 Å². The number of benzene rings is 1.